The molecule has 0 bridgehead atoms. The van der Waals surface area contributed by atoms with Crippen LogP contribution in [0.5, 0.6) is 0 Å². The molecular formula is C13H19NO2S. The summed E-state index contributed by atoms with van der Waals surface area (Å²) >= 11 is 1.72. The summed E-state index contributed by atoms with van der Waals surface area (Å²) < 4.78 is 5.43. The van der Waals surface area contributed by atoms with E-state index in [0.717, 1.165) is 6.42 Å². The van der Waals surface area contributed by atoms with Crippen molar-refractivity contribution >= 4 is 17.4 Å². The van der Waals surface area contributed by atoms with E-state index < -0.39 is 5.60 Å². The highest BCUT2D eigenvalue weighted by molar-refractivity contribution is 7.10. The van der Waals surface area contributed by atoms with Gasteiger partial charge in [-0.05, 0) is 51.1 Å². The van der Waals surface area contributed by atoms with Crippen molar-refractivity contribution in [2.24, 2.45) is 0 Å². The second-order valence-electron chi connectivity index (χ2n) is 5.53. The van der Waals surface area contributed by atoms with Gasteiger partial charge in [0, 0.05) is 10.9 Å². The largest absolute Gasteiger partial charge is 0.444 e. The molecule has 1 aliphatic heterocycles. The van der Waals surface area contributed by atoms with Crippen LogP contribution in [0.3, 0.4) is 0 Å². The number of rotatable bonds is 0. The first-order valence-corrected chi connectivity index (χ1v) is 6.79. The molecule has 2 heterocycles. The maximum absolute atomic E-state index is 12.1. The first-order valence-electron chi connectivity index (χ1n) is 5.91. The number of hydrogen-bond acceptors (Lipinski definition) is 3. The third kappa shape index (κ3) is 2.80. The Hall–Kier alpha value is -1.03. The lowest BCUT2D eigenvalue weighted by Crippen LogP contribution is -2.44. The summed E-state index contributed by atoms with van der Waals surface area (Å²) in [6.45, 7) is 8.45. The Morgan fingerprint density at radius 3 is 2.88 bits per heavy atom. The predicted molar refractivity (Wildman–Crippen MR) is 69.3 cm³/mol. The highest BCUT2D eigenvalue weighted by atomic mass is 32.1. The fourth-order valence-corrected chi connectivity index (χ4v) is 2.90. The number of thiophene rings is 1. The Morgan fingerprint density at radius 1 is 1.53 bits per heavy atom. The Kier molecular flexibility index (Phi) is 3.17. The molecule has 0 aromatic carbocycles. The molecular weight excluding hydrogens is 234 g/mol. The first-order chi connectivity index (χ1) is 7.87. The van der Waals surface area contributed by atoms with Gasteiger partial charge in [0.2, 0.25) is 0 Å². The van der Waals surface area contributed by atoms with Gasteiger partial charge in [0.05, 0.1) is 6.54 Å². The molecule has 0 radical (unpaired) electrons. The van der Waals surface area contributed by atoms with Crippen molar-refractivity contribution < 1.29 is 9.53 Å². The smallest absolute Gasteiger partial charge is 0.410 e. The zero-order valence-electron chi connectivity index (χ0n) is 10.8. The van der Waals surface area contributed by atoms with Crippen LogP contribution < -0.4 is 0 Å². The van der Waals surface area contributed by atoms with Crippen LogP contribution in [0.1, 0.15) is 38.1 Å². The summed E-state index contributed by atoms with van der Waals surface area (Å²) in [7, 11) is 0. The minimum atomic E-state index is -0.424. The van der Waals surface area contributed by atoms with E-state index in [9.17, 15) is 4.79 Å². The second-order valence-corrected chi connectivity index (χ2v) is 6.53. The SMILES string of the molecule is CC1Cc2ccsc2CN1C(=O)OC(C)(C)C. The molecule has 1 aromatic heterocycles. The van der Waals surface area contributed by atoms with Crippen molar-refractivity contribution in [1.29, 1.82) is 0 Å². The van der Waals surface area contributed by atoms with E-state index in [0.29, 0.717) is 6.54 Å². The van der Waals surface area contributed by atoms with E-state index in [4.69, 9.17) is 4.74 Å². The predicted octanol–water partition coefficient (Wildman–Crippen LogP) is 3.43. The average molecular weight is 253 g/mol. The fourth-order valence-electron chi connectivity index (χ4n) is 1.99. The molecule has 1 atom stereocenters. The van der Waals surface area contributed by atoms with Gasteiger partial charge in [0.15, 0.2) is 0 Å². The summed E-state index contributed by atoms with van der Waals surface area (Å²) in [5.74, 6) is 0. The van der Waals surface area contributed by atoms with Crippen molar-refractivity contribution in [3.63, 3.8) is 0 Å². The molecule has 0 fully saturated rings. The molecule has 0 spiro atoms. The summed E-state index contributed by atoms with van der Waals surface area (Å²) in [5, 5.41) is 2.09. The van der Waals surface area contributed by atoms with Crippen molar-refractivity contribution in [3.8, 4) is 0 Å². The van der Waals surface area contributed by atoms with Gasteiger partial charge in [-0.1, -0.05) is 0 Å². The molecule has 0 aliphatic carbocycles. The number of ether oxygens (including phenoxy) is 1. The summed E-state index contributed by atoms with van der Waals surface area (Å²) in [5.41, 5.74) is 0.953. The minimum absolute atomic E-state index is 0.205. The van der Waals surface area contributed by atoms with Gasteiger partial charge < -0.3 is 9.64 Å². The van der Waals surface area contributed by atoms with E-state index in [1.54, 1.807) is 11.3 Å². The monoisotopic (exact) mass is 253 g/mol. The van der Waals surface area contributed by atoms with Crippen LogP contribution >= 0.6 is 11.3 Å². The Morgan fingerprint density at radius 2 is 2.24 bits per heavy atom. The second kappa shape index (κ2) is 4.33. The van der Waals surface area contributed by atoms with E-state index in [2.05, 4.69) is 18.4 Å². The number of hydrogen-bond donors (Lipinski definition) is 0. The van der Waals surface area contributed by atoms with Crippen LogP contribution in [0.2, 0.25) is 0 Å². The third-order valence-corrected chi connectivity index (χ3v) is 3.77. The molecule has 2 rings (SSSR count). The number of carbonyl (C=O) groups excluding carboxylic acids is 1. The highest BCUT2D eigenvalue weighted by Crippen LogP contribution is 2.28. The average Bonchev–Trinajstić information content (AvgIpc) is 2.60. The van der Waals surface area contributed by atoms with E-state index >= 15 is 0 Å². The lowest BCUT2D eigenvalue weighted by molar-refractivity contribution is 0.0142. The molecule has 0 saturated carbocycles. The molecule has 1 unspecified atom stereocenters. The Labute approximate surface area is 106 Å². The molecule has 1 aromatic rings. The van der Waals surface area contributed by atoms with Crippen LogP contribution in [0.15, 0.2) is 11.4 Å². The summed E-state index contributed by atoms with van der Waals surface area (Å²) in [6.07, 6.45) is 0.724. The molecule has 0 saturated heterocycles. The van der Waals surface area contributed by atoms with Gasteiger partial charge in [-0.25, -0.2) is 4.79 Å². The van der Waals surface area contributed by atoms with E-state index in [1.807, 2.05) is 25.7 Å². The molecule has 17 heavy (non-hydrogen) atoms. The topological polar surface area (TPSA) is 29.5 Å². The molecule has 3 nitrogen and oxygen atoms in total. The van der Waals surface area contributed by atoms with Crippen LogP contribution in [-0.2, 0) is 17.7 Å². The summed E-state index contributed by atoms with van der Waals surface area (Å²) in [4.78, 5) is 15.2. The zero-order chi connectivity index (χ0) is 12.6. The summed E-state index contributed by atoms with van der Waals surface area (Å²) in [6, 6.07) is 2.37. The Balaban J connectivity index is 2.10. The molecule has 4 heteroatoms. The van der Waals surface area contributed by atoms with Crippen LogP contribution in [0.4, 0.5) is 4.79 Å². The van der Waals surface area contributed by atoms with Gasteiger partial charge in [-0.3, -0.25) is 0 Å². The quantitative estimate of drug-likeness (QED) is 0.709. The van der Waals surface area contributed by atoms with Gasteiger partial charge in [0.25, 0.3) is 0 Å². The molecule has 94 valence electrons. The normalized spacial score (nSPS) is 20.0. The number of nitrogens with zero attached hydrogens (tertiary/aromatic N) is 1. The molecule has 0 N–H and O–H groups in total. The lowest BCUT2D eigenvalue weighted by atomic mass is 10.0. The van der Waals surface area contributed by atoms with E-state index in [1.165, 1.54) is 10.4 Å². The minimum Gasteiger partial charge on any atom is -0.444 e. The molecule has 1 aliphatic rings. The zero-order valence-corrected chi connectivity index (χ0v) is 11.6. The Bertz CT molecular complexity index is 419. The lowest BCUT2D eigenvalue weighted by Gasteiger charge is -2.34. The van der Waals surface area contributed by atoms with Gasteiger partial charge in [-0.15, -0.1) is 11.3 Å². The van der Waals surface area contributed by atoms with Gasteiger partial charge in [-0.2, -0.15) is 0 Å². The van der Waals surface area contributed by atoms with E-state index in [-0.39, 0.29) is 12.1 Å². The fraction of sp³-hybridized carbons (Fsp3) is 0.615. The van der Waals surface area contributed by atoms with Crippen molar-refractivity contribution in [1.82, 2.24) is 4.90 Å². The maximum Gasteiger partial charge on any atom is 0.410 e. The van der Waals surface area contributed by atoms with Crippen LogP contribution in [-0.4, -0.2) is 22.6 Å². The third-order valence-electron chi connectivity index (χ3n) is 2.83. The van der Waals surface area contributed by atoms with Gasteiger partial charge in [0.1, 0.15) is 5.60 Å². The van der Waals surface area contributed by atoms with Crippen molar-refractivity contribution in [3.05, 3.63) is 21.9 Å². The van der Waals surface area contributed by atoms with Crippen molar-refractivity contribution in [2.75, 3.05) is 0 Å². The standard InChI is InChI=1S/C13H19NO2S/c1-9-7-10-5-6-17-11(10)8-14(9)12(15)16-13(2,3)4/h5-6,9H,7-8H2,1-4H3. The van der Waals surface area contributed by atoms with Gasteiger partial charge >= 0.3 is 6.09 Å². The first kappa shape index (κ1) is 12.4. The maximum atomic E-state index is 12.1. The van der Waals surface area contributed by atoms with Crippen LogP contribution in [0.25, 0.3) is 0 Å². The highest BCUT2D eigenvalue weighted by Gasteiger charge is 2.30. The molecule has 1 amide bonds. The van der Waals surface area contributed by atoms with Crippen molar-refractivity contribution in [2.45, 2.75) is 52.3 Å². The number of amides is 1. The van der Waals surface area contributed by atoms with Crippen LogP contribution in [0, 0.1) is 0 Å². The number of carbonyl (C=O) groups is 1. The number of fused-ring (bicyclic) bond motifs is 1.